The van der Waals surface area contributed by atoms with Gasteiger partial charge in [0.15, 0.2) is 6.61 Å². The second kappa shape index (κ2) is 8.08. The lowest BCUT2D eigenvalue weighted by Crippen LogP contribution is -2.25. The van der Waals surface area contributed by atoms with Gasteiger partial charge in [0.25, 0.3) is 5.91 Å². The van der Waals surface area contributed by atoms with Crippen molar-refractivity contribution in [3.05, 3.63) is 64.8 Å². The van der Waals surface area contributed by atoms with Crippen LogP contribution in [0.1, 0.15) is 42.1 Å². The molecule has 140 valence electrons. The van der Waals surface area contributed by atoms with Crippen LogP contribution in [0.2, 0.25) is 0 Å². The van der Waals surface area contributed by atoms with Gasteiger partial charge in [-0.05, 0) is 43.0 Å². The van der Waals surface area contributed by atoms with E-state index in [2.05, 4.69) is 35.4 Å². The van der Waals surface area contributed by atoms with E-state index in [1.54, 1.807) is 6.21 Å². The van der Waals surface area contributed by atoms with Gasteiger partial charge in [-0.2, -0.15) is 5.10 Å². The van der Waals surface area contributed by atoms with Crippen LogP contribution in [0, 0.1) is 13.8 Å². The molecule has 0 atom stereocenters. The summed E-state index contributed by atoms with van der Waals surface area (Å²) in [4.78, 5) is 15.4. The lowest BCUT2D eigenvalue weighted by Gasteiger charge is -2.14. The van der Waals surface area contributed by atoms with E-state index < -0.39 is 0 Å². The number of hydrogen-bond donors (Lipinski definition) is 2. The molecule has 0 aliphatic carbocycles. The molecule has 2 aromatic carbocycles. The Morgan fingerprint density at radius 2 is 2.00 bits per heavy atom. The smallest absolute Gasteiger partial charge is 0.277 e. The van der Waals surface area contributed by atoms with Crippen molar-refractivity contribution in [2.45, 2.75) is 33.6 Å². The van der Waals surface area contributed by atoms with Crippen LogP contribution in [0.3, 0.4) is 0 Å². The fraction of sp³-hybridized carbons (Fsp3) is 0.273. The van der Waals surface area contributed by atoms with Crippen molar-refractivity contribution >= 4 is 23.0 Å². The highest BCUT2D eigenvalue weighted by molar-refractivity contribution is 6.00. The molecule has 0 bridgehead atoms. The molecule has 0 aliphatic rings. The van der Waals surface area contributed by atoms with Crippen molar-refractivity contribution in [3.8, 4) is 5.75 Å². The zero-order valence-corrected chi connectivity index (χ0v) is 16.2. The van der Waals surface area contributed by atoms with Gasteiger partial charge < -0.3 is 9.72 Å². The number of ether oxygens (including phenoxy) is 1. The Labute approximate surface area is 159 Å². The number of aromatic nitrogens is 1. The van der Waals surface area contributed by atoms with E-state index in [1.165, 1.54) is 0 Å². The Morgan fingerprint density at radius 1 is 1.22 bits per heavy atom. The molecule has 27 heavy (non-hydrogen) atoms. The van der Waals surface area contributed by atoms with Crippen LogP contribution >= 0.6 is 0 Å². The lowest BCUT2D eigenvalue weighted by molar-refractivity contribution is -0.123. The van der Waals surface area contributed by atoms with Gasteiger partial charge in [-0.3, -0.25) is 4.79 Å². The van der Waals surface area contributed by atoms with Crippen molar-refractivity contribution in [3.63, 3.8) is 0 Å². The Balaban J connectivity index is 1.63. The van der Waals surface area contributed by atoms with Gasteiger partial charge in [0.1, 0.15) is 5.75 Å². The standard InChI is InChI=1S/C22H25N3O2/c1-14(2)17-10-9-15(3)11-21(17)27-13-22(26)25-23-12-19-16(4)24-20-8-6-5-7-18(19)20/h5-12,14,24H,13H2,1-4H3,(H,25,26)/b23-12-. The molecule has 3 aromatic rings. The number of fused-ring (bicyclic) bond motifs is 1. The number of para-hydroxylation sites is 1. The largest absolute Gasteiger partial charge is 0.483 e. The number of carbonyl (C=O) groups is 1. The van der Waals surface area contributed by atoms with Crippen LogP contribution in [0.4, 0.5) is 0 Å². The number of hydrogen-bond acceptors (Lipinski definition) is 3. The van der Waals surface area contributed by atoms with Crippen molar-refractivity contribution in [1.29, 1.82) is 0 Å². The van der Waals surface area contributed by atoms with Crippen LogP contribution in [-0.4, -0.2) is 23.7 Å². The Morgan fingerprint density at radius 3 is 2.78 bits per heavy atom. The number of carbonyl (C=O) groups excluding carboxylic acids is 1. The fourth-order valence-corrected chi connectivity index (χ4v) is 3.05. The highest BCUT2D eigenvalue weighted by atomic mass is 16.5. The number of benzene rings is 2. The molecule has 5 nitrogen and oxygen atoms in total. The van der Waals surface area contributed by atoms with Crippen molar-refractivity contribution in [1.82, 2.24) is 10.4 Å². The number of aryl methyl sites for hydroxylation is 2. The molecule has 0 radical (unpaired) electrons. The van der Waals surface area contributed by atoms with Gasteiger partial charge in [-0.15, -0.1) is 0 Å². The Bertz CT molecular complexity index is 986. The molecule has 0 saturated heterocycles. The second-order valence-electron chi connectivity index (χ2n) is 6.99. The van der Waals surface area contributed by atoms with E-state index in [0.717, 1.165) is 39.0 Å². The van der Waals surface area contributed by atoms with Crippen LogP contribution < -0.4 is 10.2 Å². The molecule has 2 N–H and O–H groups in total. The number of hydrazone groups is 1. The first-order valence-electron chi connectivity index (χ1n) is 9.08. The van der Waals surface area contributed by atoms with Crippen LogP contribution in [0.5, 0.6) is 5.75 Å². The maximum absolute atomic E-state index is 12.1. The lowest BCUT2D eigenvalue weighted by atomic mass is 10.0. The van der Waals surface area contributed by atoms with E-state index in [9.17, 15) is 4.79 Å². The molecule has 0 unspecified atom stereocenters. The summed E-state index contributed by atoms with van der Waals surface area (Å²) < 4.78 is 5.73. The quantitative estimate of drug-likeness (QED) is 0.502. The Hall–Kier alpha value is -3.08. The molecule has 0 spiro atoms. The Kier molecular flexibility index (Phi) is 5.60. The summed E-state index contributed by atoms with van der Waals surface area (Å²) >= 11 is 0. The SMILES string of the molecule is Cc1ccc(C(C)C)c(OCC(=O)N/N=C\c2c(C)[nH]c3ccccc23)c1. The maximum atomic E-state index is 12.1. The van der Waals surface area contributed by atoms with E-state index in [1.807, 2.05) is 50.2 Å². The summed E-state index contributed by atoms with van der Waals surface area (Å²) in [5.41, 5.74) is 7.75. The number of nitrogens with zero attached hydrogens (tertiary/aromatic N) is 1. The summed E-state index contributed by atoms with van der Waals surface area (Å²) in [5, 5.41) is 5.16. The fourth-order valence-electron chi connectivity index (χ4n) is 3.05. The third kappa shape index (κ3) is 4.37. The summed E-state index contributed by atoms with van der Waals surface area (Å²) in [6, 6.07) is 14.1. The number of aromatic amines is 1. The third-order valence-electron chi connectivity index (χ3n) is 4.48. The molecule has 1 heterocycles. The third-order valence-corrected chi connectivity index (χ3v) is 4.48. The first-order valence-corrected chi connectivity index (χ1v) is 9.08. The zero-order valence-electron chi connectivity index (χ0n) is 16.2. The van der Waals surface area contributed by atoms with Crippen LogP contribution in [0.15, 0.2) is 47.6 Å². The van der Waals surface area contributed by atoms with Gasteiger partial charge in [0.05, 0.1) is 6.21 Å². The maximum Gasteiger partial charge on any atom is 0.277 e. The van der Waals surface area contributed by atoms with Crippen LogP contribution in [0.25, 0.3) is 10.9 Å². The molecule has 1 amide bonds. The molecule has 3 rings (SSSR count). The second-order valence-corrected chi connectivity index (χ2v) is 6.99. The van der Waals surface area contributed by atoms with Crippen molar-refractivity contribution in [2.24, 2.45) is 5.10 Å². The van der Waals surface area contributed by atoms with Crippen molar-refractivity contribution < 1.29 is 9.53 Å². The average Bonchev–Trinajstić information content (AvgIpc) is 2.95. The van der Waals surface area contributed by atoms with Gasteiger partial charge in [-0.1, -0.05) is 44.2 Å². The summed E-state index contributed by atoms with van der Waals surface area (Å²) in [7, 11) is 0. The molecule has 0 saturated carbocycles. The summed E-state index contributed by atoms with van der Waals surface area (Å²) in [6.45, 7) is 8.12. The highest BCUT2D eigenvalue weighted by Crippen LogP contribution is 2.27. The van der Waals surface area contributed by atoms with Gasteiger partial charge in [0, 0.05) is 22.2 Å². The predicted molar refractivity (Wildman–Crippen MR) is 110 cm³/mol. The molecule has 0 fully saturated rings. The predicted octanol–water partition coefficient (Wildman–Crippen LogP) is 4.44. The van der Waals surface area contributed by atoms with E-state index in [0.29, 0.717) is 5.92 Å². The minimum absolute atomic E-state index is 0.0760. The van der Waals surface area contributed by atoms with Gasteiger partial charge in [-0.25, -0.2) is 5.43 Å². The van der Waals surface area contributed by atoms with Gasteiger partial charge >= 0.3 is 0 Å². The number of amides is 1. The molecule has 0 aliphatic heterocycles. The molecular weight excluding hydrogens is 338 g/mol. The number of H-pyrrole nitrogens is 1. The first-order chi connectivity index (χ1) is 13.0. The molecular formula is C22H25N3O2. The van der Waals surface area contributed by atoms with Crippen molar-refractivity contribution in [2.75, 3.05) is 6.61 Å². The van der Waals surface area contributed by atoms with Crippen LogP contribution in [-0.2, 0) is 4.79 Å². The van der Waals surface area contributed by atoms with E-state index in [-0.39, 0.29) is 12.5 Å². The summed E-state index contributed by atoms with van der Waals surface area (Å²) in [5.74, 6) is 0.781. The minimum Gasteiger partial charge on any atom is -0.483 e. The highest BCUT2D eigenvalue weighted by Gasteiger charge is 2.10. The zero-order chi connectivity index (χ0) is 19.4. The topological polar surface area (TPSA) is 66.5 Å². The molecule has 1 aromatic heterocycles. The molecule has 5 heteroatoms. The number of rotatable bonds is 6. The monoisotopic (exact) mass is 363 g/mol. The number of nitrogens with one attached hydrogen (secondary N) is 2. The normalized spacial score (nSPS) is 11.4. The minimum atomic E-state index is -0.292. The average molecular weight is 363 g/mol. The van der Waals surface area contributed by atoms with E-state index in [4.69, 9.17) is 4.74 Å². The van der Waals surface area contributed by atoms with E-state index >= 15 is 0 Å². The van der Waals surface area contributed by atoms with Gasteiger partial charge in [0.2, 0.25) is 0 Å². The first kappa shape index (κ1) is 18.7. The summed E-state index contributed by atoms with van der Waals surface area (Å²) in [6.07, 6.45) is 1.66.